The van der Waals surface area contributed by atoms with E-state index in [1.54, 1.807) is 17.1 Å². The number of likely N-dealkylation sites (tertiary alicyclic amines) is 1. The number of carbonyl (C=O) groups excluding carboxylic acids is 1. The molecular formula is C18H24N6O2. The third-order valence-corrected chi connectivity index (χ3v) is 5.31. The van der Waals surface area contributed by atoms with Gasteiger partial charge >= 0.3 is 0 Å². The minimum absolute atomic E-state index is 0.145. The Morgan fingerprint density at radius 1 is 1.38 bits per heavy atom. The topological polar surface area (TPSA) is 99.2 Å². The van der Waals surface area contributed by atoms with Gasteiger partial charge in [0.05, 0.1) is 23.9 Å². The maximum absolute atomic E-state index is 13.2. The molecule has 4 heterocycles. The maximum Gasteiger partial charge on any atom is 0.228 e. The van der Waals surface area contributed by atoms with E-state index >= 15 is 0 Å². The summed E-state index contributed by atoms with van der Waals surface area (Å²) >= 11 is 0. The van der Waals surface area contributed by atoms with Crippen molar-refractivity contribution in [2.75, 3.05) is 25.4 Å². The van der Waals surface area contributed by atoms with Gasteiger partial charge in [0.1, 0.15) is 0 Å². The number of rotatable bonds is 3. The van der Waals surface area contributed by atoms with E-state index in [0.29, 0.717) is 13.2 Å². The number of carbonyl (C=O) groups is 1. The molecule has 1 unspecified atom stereocenters. The minimum Gasteiger partial charge on any atom is -0.373 e. The van der Waals surface area contributed by atoms with Crippen molar-refractivity contribution < 1.29 is 9.53 Å². The summed E-state index contributed by atoms with van der Waals surface area (Å²) in [5, 5.41) is 4.21. The number of ether oxygens (including phenoxy) is 1. The highest BCUT2D eigenvalue weighted by Gasteiger charge is 2.39. The van der Waals surface area contributed by atoms with Crippen LogP contribution >= 0.6 is 0 Å². The van der Waals surface area contributed by atoms with E-state index < -0.39 is 0 Å². The molecule has 3 atom stereocenters. The Hall–Kier alpha value is -2.48. The second-order valence-corrected chi connectivity index (χ2v) is 7.10. The number of aryl methyl sites for hydroxylation is 1. The first-order valence-electron chi connectivity index (χ1n) is 9.09. The highest BCUT2D eigenvalue weighted by atomic mass is 16.5. The molecular weight excluding hydrogens is 332 g/mol. The highest BCUT2D eigenvalue weighted by Crippen LogP contribution is 2.37. The van der Waals surface area contributed by atoms with Gasteiger partial charge in [-0.05, 0) is 25.3 Å². The number of piperidine rings is 1. The monoisotopic (exact) mass is 356 g/mol. The fourth-order valence-corrected chi connectivity index (χ4v) is 4.03. The molecule has 2 saturated heterocycles. The van der Waals surface area contributed by atoms with E-state index in [1.807, 2.05) is 24.2 Å². The van der Waals surface area contributed by atoms with Crippen LogP contribution in [0.25, 0.3) is 0 Å². The third-order valence-electron chi connectivity index (χ3n) is 5.31. The Morgan fingerprint density at radius 2 is 2.27 bits per heavy atom. The van der Waals surface area contributed by atoms with Gasteiger partial charge in [0.25, 0.3) is 0 Å². The van der Waals surface area contributed by atoms with Crippen LogP contribution < -0.4 is 5.73 Å². The zero-order valence-electron chi connectivity index (χ0n) is 14.9. The van der Waals surface area contributed by atoms with Gasteiger partial charge in [-0.1, -0.05) is 0 Å². The summed E-state index contributed by atoms with van der Waals surface area (Å²) in [5.41, 5.74) is 7.61. The van der Waals surface area contributed by atoms with Crippen LogP contribution in [0.3, 0.4) is 0 Å². The van der Waals surface area contributed by atoms with Crippen LogP contribution in [-0.4, -0.2) is 50.3 Å². The van der Waals surface area contributed by atoms with Crippen LogP contribution in [0.1, 0.15) is 42.5 Å². The molecule has 2 N–H and O–H groups in total. The van der Waals surface area contributed by atoms with Crippen molar-refractivity contribution in [3.63, 3.8) is 0 Å². The first-order valence-corrected chi connectivity index (χ1v) is 9.09. The fraction of sp³-hybridized carbons (Fsp3) is 0.556. The highest BCUT2D eigenvalue weighted by molar-refractivity contribution is 5.80. The number of hydrogen-bond acceptors (Lipinski definition) is 6. The lowest BCUT2D eigenvalue weighted by atomic mass is 9.91. The quantitative estimate of drug-likeness (QED) is 0.889. The van der Waals surface area contributed by atoms with Gasteiger partial charge in [-0.25, -0.2) is 9.97 Å². The van der Waals surface area contributed by atoms with Crippen molar-refractivity contribution in [1.29, 1.82) is 0 Å². The molecule has 2 fully saturated rings. The van der Waals surface area contributed by atoms with Gasteiger partial charge in [0, 0.05) is 50.6 Å². The summed E-state index contributed by atoms with van der Waals surface area (Å²) < 4.78 is 7.61. The van der Waals surface area contributed by atoms with Crippen LogP contribution in [-0.2, 0) is 16.6 Å². The molecule has 8 heteroatoms. The molecule has 8 nitrogen and oxygen atoms in total. The zero-order chi connectivity index (χ0) is 18.1. The van der Waals surface area contributed by atoms with Crippen molar-refractivity contribution >= 4 is 11.9 Å². The molecule has 138 valence electrons. The van der Waals surface area contributed by atoms with E-state index in [4.69, 9.17) is 10.5 Å². The zero-order valence-corrected chi connectivity index (χ0v) is 14.9. The van der Waals surface area contributed by atoms with E-state index in [1.165, 1.54) is 0 Å². The van der Waals surface area contributed by atoms with Gasteiger partial charge in [0.15, 0.2) is 0 Å². The Bertz CT molecular complexity index is 791. The summed E-state index contributed by atoms with van der Waals surface area (Å²) in [7, 11) is 1.87. The van der Waals surface area contributed by atoms with Crippen LogP contribution in [0.5, 0.6) is 0 Å². The Morgan fingerprint density at radius 3 is 3.04 bits per heavy atom. The predicted octanol–water partition coefficient (Wildman–Crippen LogP) is 1.28. The lowest BCUT2D eigenvalue weighted by Gasteiger charge is -2.34. The first-order chi connectivity index (χ1) is 12.6. The molecule has 0 aromatic carbocycles. The summed E-state index contributed by atoms with van der Waals surface area (Å²) in [4.78, 5) is 23.5. The second-order valence-electron chi connectivity index (χ2n) is 7.10. The molecule has 2 aliphatic heterocycles. The van der Waals surface area contributed by atoms with Crippen molar-refractivity contribution in [3.05, 3.63) is 35.9 Å². The molecule has 0 radical (unpaired) electrons. The number of nitrogens with two attached hydrogens (primary N) is 1. The van der Waals surface area contributed by atoms with Gasteiger partial charge in [-0.15, -0.1) is 0 Å². The lowest BCUT2D eigenvalue weighted by Crippen LogP contribution is -2.43. The number of amides is 1. The van der Waals surface area contributed by atoms with Crippen molar-refractivity contribution in [3.8, 4) is 0 Å². The van der Waals surface area contributed by atoms with E-state index in [0.717, 1.165) is 37.1 Å². The number of anilines is 1. The average molecular weight is 356 g/mol. The number of nitrogen functional groups attached to an aromatic ring is 1. The molecule has 0 aliphatic carbocycles. The maximum atomic E-state index is 13.2. The molecule has 0 saturated carbocycles. The van der Waals surface area contributed by atoms with Crippen LogP contribution in [0.2, 0.25) is 0 Å². The van der Waals surface area contributed by atoms with Crippen LogP contribution in [0, 0.1) is 5.92 Å². The standard InChI is InChI=1S/C18H24N6O2/c1-23-10-13(9-21-23)16-14(5-8-26-16)17(25)24-7-2-3-12(11-24)15-4-6-20-18(19)22-15/h4,6,9-10,12,14,16H,2-3,5,7-8,11H2,1H3,(H2,19,20,22)/t12?,14-,16+/m0/s1. The fourth-order valence-electron chi connectivity index (χ4n) is 4.03. The normalized spacial score (nSPS) is 26.2. The molecule has 4 rings (SSSR count). The van der Waals surface area contributed by atoms with Gasteiger partial charge in [-0.2, -0.15) is 5.10 Å². The number of hydrogen-bond donors (Lipinski definition) is 1. The molecule has 2 aromatic rings. The van der Waals surface area contributed by atoms with Crippen molar-refractivity contribution in [2.45, 2.75) is 31.3 Å². The Balaban J connectivity index is 1.48. The van der Waals surface area contributed by atoms with E-state index in [9.17, 15) is 4.79 Å². The summed E-state index contributed by atoms with van der Waals surface area (Å²) in [6, 6.07) is 1.89. The average Bonchev–Trinajstić information content (AvgIpc) is 3.30. The van der Waals surface area contributed by atoms with Crippen LogP contribution in [0.15, 0.2) is 24.7 Å². The third kappa shape index (κ3) is 3.29. The Labute approximate surface area is 152 Å². The molecule has 2 aromatic heterocycles. The van der Waals surface area contributed by atoms with E-state index in [-0.39, 0.29) is 29.8 Å². The smallest absolute Gasteiger partial charge is 0.228 e. The Kier molecular flexibility index (Phi) is 4.58. The van der Waals surface area contributed by atoms with Crippen LogP contribution in [0.4, 0.5) is 5.95 Å². The second kappa shape index (κ2) is 7.03. The van der Waals surface area contributed by atoms with Crippen molar-refractivity contribution in [1.82, 2.24) is 24.6 Å². The minimum atomic E-state index is -0.203. The predicted molar refractivity (Wildman–Crippen MR) is 95.0 cm³/mol. The van der Waals surface area contributed by atoms with Crippen molar-refractivity contribution in [2.24, 2.45) is 13.0 Å². The largest absolute Gasteiger partial charge is 0.373 e. The molecule has 0 spiro atoms. The van der Waals surface area contributed by atoms with E-state index in [2.05, 4.69) is 15.1 Å². The SMILES string of the molecule is Cn1cc([C@H]2OCC[C@@H]2C(=O)N2CCCC(c3ccnc(N)n3)C2)cn1. The molecule has 1 amide bonds. The summed E-state index contributed by atoms with van der Waals surface area (Å²) in [6.07, 6.45) is 7.92. The molecule has 2 aliphatic rings. The molecule has 0 bridgehead atoms. The van der Waals surface area contributed by atoms with Gasteiger partial charge < -0.3 is 15.4 Å². The summed E-state index contributed by atoms with van der Waals surface area (Å²) in [5.74, 6) is 0.514. The van der Waals surface area contributed by atoms with Gasteiger partial charge in [-0.3, -0.25) is 9.48 Å². The first kappa shape index (κ1) is 17.0. The number of nitrogens with zero attached hydrogens (tertiary/aromatic N) is 5. The van der Waals surface area contributed by atoms with Gasteiger partial charge in [0.2, 0.25) is 11.9 Å². The number of aromatic nitrogens is 4. The lowest BCUT2D eigenvalue weighted by molar-refractivity contribution is -0.138. The molecule has 26 heavy (non-hydrogen) atoms. The summed E-state index contributed by atoms with van der Waals surface area (Å²) in [6.45, 7) is 2.06.